The minimum Gasteiger partial charge on any atom is -0.314 e. The summed E-state index contributed by atoms with van der Waals surface area (Å²) in [5.41, 5.74) is 0.994. The Hall–Kier alpha value is -1.75. The van der Waals surface area contributed by atoms with Gasteiger partial charge in [-0.25, -0.2) is 9.37 Å². The number of halogens is 1. The van der Waals surface area contributed by atoms with Crippen LogP contribution in [0.2, 0.25) is 0 Å². The third kappa shape index (κ3) is 4.36. The van der Waals surface area contributed by atoms with Gasteiger partial charge < -0.3 is 5.32 Å². The molecule has 0 aliphatic carbocycles. The van der Waals surface area contributed by atoms with Crippen molar-refractivity contribution in [3.8, 4) is 0 Å². The Morgan fingerprint density at radius 1 is 1.33 bits per heavy atom. The number of benzene rings is 1. The van der Waals surface area contributed by atoms with Gasteiger partial charge in [0.15, 0.2) is 0 Å². The maximum Gasteiger partial charge on any atom is 0.138 e. The molecule has 4 nitrogen and oxygen atoms in total. The number of rotatable bonds is 7. The number of nitrogens with zero attached hydrogens (tertiary/aromatic N) is 3. The van der Waals surface area contributed by atoms with Crippen LogP contribution in [0.15, 0.2) is 30.6 Å². The number of nitrogens with one attached hydrogen (secondary N) is 1. The summed E-state index contributed by atoms with van der Waals surface area (Å²) in [5, 5.41) is 7.64. The lowest BCUT2D eigenvalue weighted by Crippen LogP contribution is -2.29. The Bertz CT molecular complexity index is 565. The van der Waals surface area contributed by atoms with Crippen LogP contribution >= 0.6 is 0 Å². The second kappa shape index (κ2) is 7.31. The SMILES string of the molecule is CCn1ncnc1CC(CNC(C)C)c1cccc(F)c1. The number of aromatic nitrogens is 3. The average molecular weight is 290 g/mol. The lowest BCUT2D eigenvalue weighted by atomic mass is 9.95. The molecule has 0 amide bonds. The molecular weight excluding hydrogens is 267 g/mol. The van der Waals surface area contributed by atoms with Crippen molar-refractivity contribution in [1.82, 2.24) is 20.1 Å². The maximum absolute atomic E-state index is 13.5. The second-order valence-electron chi connectivity index (χ2n) is 5.51. The van der Waals surface area contributed by atoms with Gasteiger partial charge in [-0.3, -0.25) is 4.68 Å². The molecule has 1 atom stereocenters. The molecule has 1 unspecified atom stereocenters. The van der Waals surface area contributed by atoms with Crippen molar-refractivity contribution in [2.24, 2.45) is 0 Å². The van der Waals surface area contributed by atoms with Gasteiger partial charge in [0.05, 0.1) is 0 Å². The van der Waals surface area contributed by atoms with Crippen molar-refractivity contribution in [2.75, 3.05) is 6.54 Å². The van der Waals surface area contributed by atoms with Crippen molar-refractivity contribution < 1.29 is 4.39 Å². The predicted molar refractivity (Wildman–Crippen MR) is 81.7 cm³/mol. The molecule has 114 valence electrons. The number of hydrogen-bond donors (Lipinski definition) is 1. The summed E-state index contributed by atoms with van der Waals surface area (Å²) in [4.78, 5) is 4.33. The molecule has 0 spiro atoms. The van der Waals surface area contributed by atoms with E-state index in [0.29, 0.717) is 6.04 Å². The van der Waals surface area contributed by atoms with Crippen molar-refractivity contribution in [1.29, 1.82) is 0 Å². The normalized spacial score (nSPS) is 12.8. The van der Waals surface area contributed by atoms with Crippen molar-refractivity contribution in [3.63, 3.8) is 0 Å². The minimum atomic E-state index is -0.195. The van der Waals surface area contributed by atoms with E-state index < -0.39 is 0 Å². The Balaban J connectivity index is 2.19. The van der Waals surface area contributed by atoms with Crippen LogP contribution in [0.4, 0.5) is 4.39 Å². The first-order chi connectivity index (χ1) is 10.1. The maximum atomic E-state index is 13.5. The van der Waals surface area contributed by atoms with E-state index in [0.717, 1.165) is 30.9 Å². The van der Waals surface area contributed by atoms with Gasteiger partial charge in [0, 0.05) is 31.5 Å². The molecule has 0 saturated heterocycles. The van der Waals surface area contributed by atoms with Crippen LogP contribution in [0.5, 0.6) is 0 Å². The molecule has 1 heterocycles. The van der Waals surface area contributed by atoms with E-state index in [1.807, 2.05) is 17.7 Å². The van der Waals surface area contributed by atoms with E-state index in [1.54, 1.807) is 18.5 Å². The molecule has 0 aliphatic rings. The van der Waals surface area contributed by atoms with Crippen molar-refractivity contribution in [3.05, 3.63) is 47.8 Å². The number of hydrogen-bond acceptors (Lipinski definition) is 3. The first-order valence-electron chi connectivity index (χ1n) is 7.45. The molecule has 2 aromatic rings. The van der Waals surface area contributed by atoms with Crippen LogP contribution in [-0.2, 0) is 13.0 Å². The van der Waals surface area contributed by atoms with Crippen LogP contribution < -0.4 is 5.32 Å². The Labute approximate surface area is 125 Å². The molecule has 21 heavy (non-hydrogen) atoms. The highest BCUT2D eigenvalue weighted by Crippen LogP contribution is 2.20. The van der Waals surface area contributed by atoms with Crippen LogP contribution in [0, 0.1) is 5.82 Å². The van der Waals surface area contributed by atoms with E-state index in [9.17, 15) is 4.39 Å². The van der Waals surface area contributed by atoms with E-state index in [2.05, 4.69) is 29.2 Å². The van der Waals surface area contributed by atoms with Crippen LogP contribution in [0.3, 0.4) is 0 Å². The molecule has 0 aliphatic heterocycles. The zero-order valence-electron chi connectivity index (χ0n) is 12.9. The smallest absolute Gasteiger partial charge is 0.138 e. The summed E-state index contributed by atoms with van der Waals surface area (Å²) in [7, 11) is 0. The highest BCUT2D eigenvalue weighted by Gasteiger charge is 2.16. The summed E-state index contributed by atoms with van der Waals surface area (Å²) in [5.74, 6) is 0.925. The standard InChI is InChI=1S/C16H23FN4/c1-4-21-16(19-11-20-21)9-14(10-18-12(2)3)13-6-5-7-15(17)8-13/h5-8,11-12,14,18H,4,9-10H2,1-3H3. The monoisotopic (exact) mass is 290 g/mol. The average Bonchev–Trinajstić information content (AvgIpc) is 2.90. The van der Waals surface area contributed by atoms with Crippen LogP contribution in [0.1, 0.15) is 38.1 Å². The first-order valence-corrected chi connectivity index (χ1v) is 7.45. The van der Waals surface area contributed by atoms with E-state index in [4.69, 9.17) is 0 Å². The fourth-order valence-corrected chi connectivity index (χ4v) is 2.38. The summed E-state index contributed by atoms with van der Waals surface area (Å²) in [6.45, 7) is 7.84. The Morgan fingerprint density at radius 2 is 2.14 bits per heavy atom. The van der Waals surface area contributed by atoms with Gasteiger partial charge in [0.25, 0.3) is 0 Å². The molecule has 0 bridgehead atoms. The van der Waals surface area contributed by atoms with Gasteiger partial charge in [-0.2, -0.15) is 5.10 Å². The quantitative estimate of drug-likeness (QED) is 0.852. The molecule has 0 fully saturated rings. The molecule has 1 aromatic heterocycles. The summed E-state index contributed by atoms with van der Waals surface area (Å²) in [6.07, 6.45) is 2.33. The summed E-state index contributed by atoms with van der Waals surface area (Å²) in [6, 6.07) is 7.22. The number of aryl methyl sites for hydroxylation is 1. The molecule has 0 saturated carbocycles. The van der Waals surface area contributed by atoms with E-state index >= 15 is 0 Å². The lowest BCUT2D eigenvalue weighted by molar-refractivity contribution is 0.503. The fraction of sp³-hybridized carbons (Fsp3) is 0.500. The van der Waals surface area contributed by atoms with Gasteiger partial charge in [0.2, 0.25) is 0 Å². The van der Waals surface area contributed by atoms with E-state index in [1.165, 1.54) is 6.07 Å². The first kappa shape index (κ1) is 15.6. The molecular formula is C16H23FN4. The third-order valence-electron chi connectivity index (χ3n) is 3.52. The zero-order chi connectivity index (χ0) is 15.2. The van der Waals surface area contributed by atoms with Gasteiger partial charge in [-0.05, 0) is 24.6 Å². The van der Waals surface area contributed by atoms with Crippen LogP contribution in [0.25, 0.3) is 0 Å². The largest absolute Gasteiger partial charge is 0.314 e. The fourth-order valence-electron chi connectivity index (χ4n) is 2.38. The third-order valence-corrected chi connectivity index (χ3v) is 3.52. The van der Waals surface area contributed by atoms with Crippen molar-refractivity contribution in [2.45, 2.75) is 45.7 Å². The highest BCUT2D eigenvalue weighted by molar-refractivity contribution is 5.22. The topological polar surface area (TPSA) is 42.7 Å². The molecule has 1 aromatic carbocycles. The summed E-state index contributed by atoms with van der Waals surface area (Å²) < 4.78 is 15.4. The van der Waals surface area contributed by atoms with E-state index in [-0.39, 0.29) is 11.7 Å². The zero-order valence-corrected chi connectivity index (χ0v) is 12.9. The minimum absolute atomic E-state index is 0.178. The summed E-state index contributed by atoms with van der Waals surface area (Å²) >= 11 is 0. The molecule has 1 N–H and O–H groups in total. The Morgan fingerprint density at radius 3 is 2.81 bits per heavy atom. The van der Waals surface area contributed by atoms with Gasteiger partial charge >= 0.3 is 0 Å². The Kier molecular flexibility index (Phi) is 5.44. The van der Waals surface area contributed by atoms with Crippen LogP contribution in [-0.4, -0.2) is 27.4 Å². The predicted octanol–water partition coefficient (Wildman–Crippen LogP) is 2.76. The van der Waals surface area contributed by atoms with Gasteiger partial charge in [0.1, 0.15) is 18.0 Å². The molecule has 0 radical (unpaired) electrons. The lowest BCUT2D eigenvalue weighted by Gasteiger charge is -2.19. The highest BCUT2D eigenvalue weighted by atomic mass is 19.1. The van der Waals surface area contributed by atoms with Gasteiger partial charge in [-0.1, -0.05) is 26.0 Å². The second-order valence-corrected chi connectivity index (χ2v) is 5.51. The van der Waals surface area contributed by atoms with Crippen molar-refractivity contribution >= 4 is 0 Å². The molecule has 5 heteroatoms. The molecule has 2 rings (SSSR count). The van der Waals surface area contributed by atoms with Gasteiger partial charge in [-0.15, -0.1) is 0 Å².